The number of aryl methyl sites for hydroxylation is 1. The van der Waals surface area contributed by atoms with Gasteiger partial charge in [0.05, 0.1) is 5.56 Å². The molecule has 2 aromatic heterocycles. The summed E-state index contributed by atoms with van der Waals surface area (Å²) in [6.07, 6.45) is 1.62. The van der Waals surface area contributed by atoms with Crippen LogP contribution in [0.4, 0.5) is 17.3 Å². The first kappa shape index (κ1) is 20.2. The second-order valence-corrected chi connectivity index (χ2v) is 7.16. The fraction of sp³-hybridized carbons (Fsp3) is 0.174. The van der Waals surface area contributed by atoms with Crippen molar-refractivity contribution in [3.05, 3.63) is 66.1 Å². The van der Waals surface area contributed by atoms with E-state index in [1.54, 1.807) is 44.4 Å². The largest absolute Gasteiger partial charge is 0.460 e. The van der Waals surface area contributed by atoms with Gasteiger partial charge in [0.25, 0.3) is 5.91 Å². The topological polar surface area (TPSA) is 92.5 Å². The molecule has 0 fully saturated rings. The average molecular weight is 417 g/mol. The highest BCUT2D eigenvalue weighted by atomic mass is 16.5. The summed E-state index contributed by atoms with van der Waals surface area (Å²) in [5, 5.41) is 6.56. The van der Waals surface area contributed by atoms with E-state index in [-0.39, 0.29) is 5.91 Å². The number of hydrogen-bond donors (Lipinski definition) is 2. The van der Waals surface area contributed by atoms with Gasteiger partial charge in [0.15, 0.2) is 0 Å². The Balaban J connectivity index is 1.55. The van der Waals surface area contributed by atoms with Crippen LogP contribution in [0.3, 0.4) is 0 Å². The molecular weight excluding hydrogens is 394 g/mol. The summed E-state index contributed by atoms with van der Waals surface area (Å²) >= 11 is 0. The maximum absolute atomic E-state index is 12.1. The molecule has 158 valence electrons. The molecule has 8 heteroatoms. The Morgan fingerprint density at radius 2 is 1.97 bits per heavy atom. The number of fused-ring (bicyclic) bond motifs is 1. The van der Waals surface area contributed by atoms with Gasteiger partial charge >= 0.3 is 0 Å². The molecular formula is C23H23N5O3. The van der Waals surface area contributed by atoms with Crippen LogP contribution in [0.2, 0.25) is 0 Å². The van der Waals surface area contributed by atoms with Crippen LogP contribution in [0.15, 0.2) is 59.1 Å². The third kappa shape index (κ3) is 4.28. The molecule has 0 atom stereocenters. The Bertz CT molecular complexity index is 1250. The minimum Gasteiger partial charge on any atom is -0.460 e. The first-order valence-electron chi connectivity index (χ1n) is 9.75. The molecule has 2 N–H and O–H groups in total. The van der Waals surface area contributed by atoms with Gasteiger partial charge in [0, 0.05) is 56.2 Å². The molecule has 0 aliphatic heterocycles. The molecule has 4 rings (SSSR count). The van der Waals surface area contributed by atoms with Crippen molar-refractivity contribution in [3.63, 3.8) is 0 Å². The van der Waals surface area contributed by atoms with Crippen molar-refractivity contribution >= 4 is 34.2 Å². The molecule has 31 heavy (non-hydrogen) atoms. The number of amides is 1. The summed E-state index contributed by atoms with van der Waals surface area (Å²) in [7, 11) is 5.56. The number of nitrogens with zero attached hydrogens (tertiary/aromatic N) is 3. The zero-order chi connectivity index (χ0) is 22.0. The highest BCUT2D eigenvalue weighted by molar-refractivity contribution is 6.07. The molecule has 0 saturated carbocycles. The molecule has 1 amide bonds. The monoisotopic (exact) mass is 417 g/mol. The molecule has 0 aliphatic rings. The number of furan rings is 1. The Kier molecular flexibility index (Phi) is 5.44. The number of hydrogen-bond acceptors (Lipinski definition) is 7. The van der Waals surface area contributed by atoms with Crippen molar-refractivity contribution in [2.75, 3.05) is 31.4 Å². The molecule has 8 nitrogen and oxygen atoms in total. The minimum atomic E-state index is -0.185. The second kappa shape index (κ2) is 8.35. The highest BCUT2D eigenvalue weighted by Gasteiger charge is 2.17. The number of nitrogens with one attached hydrogen (secondary N) is 2. The van der Waals surface area contributed by atoms with Crippen molar-refractivity contribution in [2.45, 2.75) is 6.92 Å². The van der Waals surface area contributed by atoms with Gasteiger partial charge < -0.3 is 24.7 Å². The predicted octanol–water partition coefficient (Wildman–Crippen LogP) is 4.49. The molecule has 0 bridgehead atoms. The van der Waals surface area contributed by atoms with Gasteiger partial charge in [-0.15, -0.1) is 0 Å². The Morgan fingerprint density at radius 1 is 1.13 bits per heavy atom. The zero-order valence-electron chi connectivity index (χ0n) is 17.8. The van der Waals surface area contributed by atoms with E-state index in [1.807, 2.05) is 43.3 Å². The summed E-state index contributed by atoms with van der Waals surface area (Å²) in [5.74, 6) is 1.72. The fourth-order valence-corrected chi connectivity index (χ4v) is 3.24. The van der Waals surface area contributed by atoms with E-state index >= 15 is 0 Å². The first-order chi connectivity index (χ1) is 14.9. The predicted molar refractivity (Wildman–Crippen MR) is 120 cm³/mol. The van der Waals surface area contributed by atoms with Crippen molar-refractivity contribution in [3.8, 4) is 11.6 Å². The quantitative estimate of drug-likeness (QED) is 0.477. The summed E-state index contributed by atoms with van der Waals surface area (Å²) < 4.78 is 11.6. The van der Waals surface area contributed by atoms with E-state index in [0.29, 0.717) is 34.5 Å². The van der Waals surface area contributed by atoms with Gasteiger partial charge in [0.1, 0.15) is 17.1 Å². The number of aromatic nitrogens is 2. The summed E-state index contributed by atoms with van der Waals surface area (Å²) in [5.41, 5.74) is 3.03. The van der Waals surface area contributed by atoms with E-state index in [0.717, 1.165) is 16.8 Å². The normalized spacial score (nSPS) is 10.7. The van der Waals surface area contributed by atoms with Crippen LogP contribution < -0.4 is 20.3 Å². The molecule has 0 unspecified atom stereocenters. The van der Waals surface area contributed by atoms with Crippen molar-refractivity contribution in [1.29, 1.82) is 0 Å². The number of carbonyl (C=O) groups excluding carboxylic acids is 1. The smallest absolute Gasteiger partial charge is 0.255 e. The summed E-state index contributed by atoms with van der Waals surface area (Å²) in [6, 6.07) is 14.9. The van der Waals surface area contributed by atoms with Crippen LogP contribution in [0, 0.1) is 6.92 Å². The molecule has 2 aromatic carbocycles. The van der Waals surface area contributed by atoms with Crippen LogP contribution in [0.1, 0.15) is 16.1 Å². The molecule has 0 radical (unpaired) electrons. The van der Waals surface area contributed by atoms with Crippen molar-refractivity contribution in [1.82, 2.24) is 15.3 Å². The van der Waals surface area contributed by atoms with E-state index in [9.17, 15) is 4.79 Å². The summed E-state index contributed by atoms with van der Waals surface area (Å²) in [6.45, 7) is 1.76. The maximum atomic E-state index is 12.1. The Labute approximate surface area is 179 Å². The van der Waals surface area contributed by atoms with Crippen LogP contribution in [0.5, 0.6) is 11.6 Å². The van der Waals surface area contributed by atoms with Gasteiger partial charge in [-0.2, -0.15) is 4.98 Å². The van der Waals surface area contributed by atoms with Crippen LogP contribution >= 0.6 is 0 Å². The van der Waals surface area contributed by atoms with Crippen LogP contribution in [-0.4, -0.2) is 37.0 Å². The summed E-state index contributed by atoms with van der Waals surface area (Å²) in [4.78, 5) is 22.8. The van der Waals surface area contributed by atoms with Crippen LogP contribution in [0.25, 0.3) is 11.0 Å². The van der Waals surface area contributed by atoms with Gasteiger partial charge in [-0.05, 0) is 37.3 Å². The lowest BCUT2D eigenvalue weighted by atomic mass is 10.1. The van der Waals surface area contributed by atoms with E-state index < -0.39 is 0 Å². The number of anilines is 3. The third-order valence-electron chi connectivity index (χ3n) is 4.76. The lowest BCUT2D eigenvalue weighted by Crippen LogP contribution is -2.18. The van der Waals surface area contributed by atoms with Gasteiger partial charge in [-0.25, -0.2) is 4.98 Å². The lowest BCUT2D eigenvalue weighted by Gasteiger charge is -2.14. The molecule has 0 spiro atoms. The number of carbonyl (C=O) groups is 1. The lowest BCUT2D eigenvalue weighted by molar-refractivity contribution is 0.0963. The fourth-order valence-electron chi connectivity index (χ4n) is 3.24. The molecule has 0 saturated heterocycles. The van der Waals surface area contributed by atoms with Crippen molar-refractivity contribution in [2.24, 2.45) is 0 Å². The third-order valence-corrected chi connectivity index (χ3v) is 4.76. The maximum Gasteiger partial charge on any atom is 0.255 e. The number of benzene rings is 2. The number of rotatable bonds is 6. The zero-order valence-corrected chi connectivity index (χ0v) is 17.8. The average Bonchev–Trinajstić information content (AvgIpc) is 3.08. The Hall–Kier alpha value is -4.07. The van der Waals surface area contributed by atoms with Gasteiger partial charge in [-0.1, -0.05) is 6.07 Å². The van der Waals surface area contributed by atoms with Crippen LogP contribution in [-0.2, 0) is 0 Å². The van der Waals surface area contributed by atoms with Crippen molar-refractivity contribution < 1.29 is 13.9 Å². The standard InChI is InChI=1S/C23H23N5O3/c1-14-21(22(29)24-2)18-9-8-17(13-19(18)30-14)31-20-10-11-25-23(27-20)26-15-6-5-7-16(12-15)28(3)4/h5-13H,1-4H3,(H,24,29)(H,25,26,27). The first-order valence-corrected chi connectivity index (χ1v) is 9.75. The minimum absolute atomic E-state index is 0.185. The number of ether oxygens (including phenoxy) is 1. The van der Waals surface area contributed by atoms with E-state index in [2.05, 4.69) is 20.6 Å². The van der Waals surface area contributed by atoms with E-state index in [1.165, 1.54) is 0 Å². The molecule has 2 heterocycles. The molecule has 4 aromatic rings. The van der Waals surface area contributed by atoms with Gasteiger partial charge in [-0.3, -0.25) is 4.79 Å². The van der Waals surface area contributed by atoms with E-state index in [4.69, 9.17) is 9.15 Å². The molecule has 0 aliphatic carbocycles. The Morgan fingerprint density at radius 3 is 2.74 bits per heavy atom. The second-order valence-electron chi connectivity index (χ2n) is 7.16. The van der Waals surface area contributed by atoms with Gasteiger partial charge in [0.2, 0.25) is 11.8 Å². The SMILES string of the molecule is CNC(=O)c1c(C)oc2cc(Oc3ccnc(Nc4cccc(N(C)C)c4)n3)ccc12. The highest BCUT2D eigenvalue weighted by Crippen LogP contribution is 2.31.